The molecular weight excluding hydrogens is 279 g/mol. The van der Waals surface area contributed by atoms with E-state index in [1.165, 1.54) is 18.7 Å². The van der Waals surface area contributed by atoms with E-state index in [0.29, 0.717) is 5.92 Å². The van der Waals surface area contributed by atoms with Crippen molar-refractivity contribution in [3.63, 3.8) is 0 Å². The predicted octanol–water partition coefficient (Wildman–Crippen LogP) is 3.13. The lowest BCUT2D eigenvalue weighted by molar-refractivity contribution is 0.387. The molecule has 1 aliphatic carbocycles. The number of hydrogen-bond acceptors (Lipinski definition) is 3. The number of halogens is 2. The van der Waals surface area contributed by atoms with Crippen LogP contribution in [0.5, 0.6) is 5.75 Å². The van der Waals surface area contributed by atoms with E-state index in [1.54, 1.807) is 12.1 Å². The summed E-state index contributed by atoms with van der Waals surface area (Å²) < 4.78 is 18.3. The topological polar surface area (TPSA) is 48.1 Å². The first-order chi connectivity index (χ1) is 9.19. The Morgan fingerprint density at radius 2 is 2.05 bits per heavy atom. The Balaban J connectivity index is 0.00000147. The number of hydrogen-bond donors (Lipinski definition) is 1. The van der Waals surface area contributed by atoms with E-state index in [4.69, 9.17) is 10.5 Å². The van der Waals surface area contributed by atoms with Gasteiger partial charge in [0.1, 0.15) is 0 Å². The summed E-state index contributed by atoms with van der Waals surface area (Å²) in [6.45, 7) is 0. The minimum atomic E-state index is -0.369. The first kappa shape index (κ1) is 14.8. The quantitative estimate of drug-likeness (QED) is 0.946. The standard InChI is InChI=1S/C15H15FN2O.ClH/c1-19-15-6-9(2-4-12(15)16)14-5-3-10(8-18-14)11-7-13(11)17;/h2-6,8,11,13H,7,17H2,1H3;1H. The van der Waals surface area contributed by atoms with Crippen LogP contribution in [0, 0.1) is 5.82 Å². The molecule has 0 bridgehead atoms. The molecule has 1 saturated carbocycles. The Hall–Kier alpha value is -1.65. The predicted molar refractivity (Wildman–Crippen MR) is 78.8 cm³/mol. The first-order valence-electron chi connectivity index (χ1n) is 6.24. The molecule has 1 fully saturated rings. The third kappa shape index (κ3) is 2.76. The number of methoxy groups -OCH3 is 1. The molecule has 2 N–H and O–H groups in total. The van der Waals surface area contributed by atoms with Gasteiger partial charge in [-0.05, 0) is 36.2 Å². The van der Waals surface area contributed by atoms with Crippen molar-refractivity contribution < 1.29 is 9.13 Å². The Bertz CT molecular complexity index is 603. The Morgan fingerprint density at radius 3 is 2.60 bits per heavy atom. The van der Waals surface area contributed by atoms with Gasteiger partial charge in [-0.2, -0.15) is 0 Å². The van der Waals surface area contributed by atoms with Gasteiger partial charge in [0, 0.05) is 23.7 Å². The average molecular weight is 295 g/mol. The molecule has 3 nitrogen and oxygen atoms in total. The molecule has 0 saturated heterocycles. The van der Waals surface area contributed by atoms with Crippen molar-refractivity contribution in [3.05, 3.63) is 47.9 Å². The zero-order valence-electron chi connectivity index (χ0n) is 11.0. The van der Waals surface area contributed by atoms with Crippen LogP contribution in [0.3, 0.4) is 0 Å². The van der Waals surface area contributed by atoms with Crippen molar-refractivity contribution in [2.75, 3.05) is 7.11 Å². The Labute approximate surface area is 123 Å². The van der Waals surface area contributed by atoms with E-state index in [1.807, 2.05) is 18.3 Å². The zero-order chi connectivity index (χ0) is 13.4. The second-order valence-electron chi connectivity index (χ2n) is 4.83. The summed E-state index contributed by atoms with van der Waals surface area (Å²) in [6.07, 6.45) is 2.88. The van der Waals surface area contributed by atoms with Crippen LogP contribution in [0.4, 0.5) is 4.39 Å². The minimum Gasteiger partial charge on any atom is -0.494 e. The van der Waals surface area contributed by atoms with Crippen LogP contribution in [-0.2, 0) is 0 Å². The molecule has 2 atom stereocenters. The normalized spacial score (nSPS) is 20.1. The Kier molecular flexibility index (Phi) is 4.26. The van der Waals surface area contributed by atoms with Crippen LogP contribution >= 0.6 is 12.4 Å². The first-order valence-corrected chi connectivity index (χ1v) is 6.24. The van der Waals surface area contributed by atoms with Gasteiger partial charge in [0.2, 0.25) is 0 Å². The molecule has 20 heavy (non-hydrogen) atoms. The van der Waals surface area contributed by atoms with E-state index in [2.05, 4.69) is 4.98 Å². The van der Waals surface area contributed by atoms with Gasteiger partial charge in [0.05, 0.1) is 12.8 Å². The molecule has 2 aromatic rings. The molecule has 5 heteroatoms. The molecule has 0 aliphatic heterocycles. The molecule has 1 aliphatic rings. The van der Waals surface area contributed by atoms with Gasteiger partial charge in [0.25, 0.3) is 0 Å². The third-order valence-corrected chi connectivity index (χ3v) is 3.50. The largest absolute Gasteiger partial charge is 0.494 e. The van der Waals surface area contributed by atoms with E-state index in [9.17, 15) is 4.39 Å². The summed E-state index contributed by atoms with van der Waals surface area (Å²) in [7, 11) is 1.45. The second-order valence-corrected chi connectivity index (χ2v) is 4.83. The summed E-state index contributed by atoms with van der Waals surface area (Å²) >= 11 is 0. The highest BCUT2D eigenvalue weighted by molar-refractivity contribution is 5.85. The van der Waals surface area contributed by atoms with Gasteiger partial charge in [-0.25, -0.2) is 4.39 Å². The zero-order valence-corrected chi connectivity index (χ0v) is 11.9. The van der Waals surface area contributed by atoms with E-state index < -0.39 is 0 Å². The molecule has 0 radical (unpaired) electrons. The molecule has 3 rings (SSSR count). The van der Waals surface area contributed by atoms with Crippen LogP contribution in [0.15, 0.2) is 36.5 Å². The molecule has 1 aromatic heterocycles. The summed E-state index contributed by atoms with van der Waals surface area (Å²) in [5, 5.41) is 0. The number of pyridine rings is 1. The van der Waals surface area contributed by atoms with Crippen LogP contribution in [0.1, 0.15) is 17.9 Å². The fourth-order valence-electron chi connectivity index (χ4n) is 2.21. The SMILES string of the molecule is COc1cc(-c2ccc(C3CC3N)cn2)ccc1F.Cl. The van der Waals surface area contributed by atoms with Crippen molar-refractivity contribution >= 4 is 12.4 Å². The highest BCUT2D eigenvalue weighted by Crippen LogP contribution is 2.39. The summed E-state index contributed by atoms with van der Waals surface area (Å²) in [5.41, 5.74) is 8.63. The van der Waals surface area contributed by atoms with Crippen molar-refractivity contribution in [1.29, 1.82) is 0 Å². The number of nitrogens with zero attached hydrogens (tertiary/aromatic N) is 1. The van der Waals surface area contributed by atoms with E-state index in [0.717, 1.165) is 17.7 Å². The number of benzene rings is 1. The molecular formula is C15H16ClFN2O. The lowest BCUT2D eigenvalue weighted by Gasteiger charge is -2.06. The number of nitrogens with two attached hydrogens (primary N) is 1. The van der Waals surface area contributed by atoms with Crippen LogP contribution in [0.25, 0.3) is 11.3 Å². The highest BCUT2D eigenvalue weighted by Gasteiger charge is 2.34. The van der Waals surface area contributed by atoms with Crippen molar-refractivity contribution in [1.82, 2.24) is 4.98 Å². The van der Waals surface area contributed by atoms with Crippen LogP contribution in [0.2, 0.25) is 0 Å². The van der Waals surface area contributed by atoms with Gasteiger partial charge >= 0.3 is 0 Å². The lowest BCUT2D eigenvalue weighted by atomic mass is 10.1. The average Bonchev–Trinajstić information content (AvgIpc) is 3.17. The minimum absolute atomic E-state index is 0. The van der Waals surface area contributed by atoms with Gasteiger partial charge in [-0.15, -0.1) is 12.4 Å². The van der Waals surface area contributed by atoms with Crippen molar-refractivity contribution in [3.8, 4) is 17.0 Å². The van der Waals surface area contributed by atoms with Gasteiger partial charge < -0.3 is 10.5 Å². The molecule has 106 valence electrons. The molecule has 2 unspecified atom stereocenters. The van der Waals surface area contributed by atoms with Crippen molar-refractivity contribution in [2.45, 2.75) is 18.4 Å². The highest BCUT2D eigenvalue weighted by atomic mass is 35.5. The third-order valence-electron chi connectivity index (χ3n) is 3.50. The molecule has 0 amide bonds. The summed E-state index contributed by atoms with van der Waals surface area (Å²) in [4.78, 5) is 4.42. The summed E-state index contributed by atoms with van der Waals surface area (Å²) in [6, 6.07) is 8.99. The smallest absolute Gasteiger partial charge is 0.165 e. The molecule has 1 aromatic carbocycles. The fraction of sp³-hybridized carbons (Fsp3) is 0.267. The Morgan fingerprint density at radius 1 is 1.30 bits per heavy atom. The monoisotopic (exact) mass is 294 g/mol. The lowest BCUT2D eigenvalue weighted by Crippen LogP contribution is -2.01. The van der Waals surface area contributed by atoms with Gasteiger partial charge in [-0.1, -0.05) is 6.07 Å². The van der Waals surface area contributed by atoms with Crippen LogP contribution < -0.4 is 10.5 Å². The molecule has 1 heterocycles. The number of aromatic nitrogens is 1. The van der Waals surface area contributed by atoms with Crippen molar-refractivity contribution in [2.24, 2.45) is 5.73 Å². The van der Waals surface area contributed by atoms with Gasteiger partial charge in [-0.3, -0.25) is 4.98 Å². The van der Waals surface area contributed by atoms with E-state index >= 15 is 0 Å². The number of ether oxygens (including phenoxy) is 1. The fourth-order valence-corrected chi connectivity index (χ4v) is 2.21. The number of rotatable bonds is 3. The van der Waals surface area contributed by atoms with Gasteiger partial charge in [0.15, 0.2) is 11.6 Å². The maximum Gasteiger partial charge on any atom is 0.165 e. The van der Waals surface area contributed by atoms with Crippen LogP contribution in [-0.4, -0.2) is 18.1 Å². The molecule has 0 spiro atoms. The maximum atomic E-state index is 13.3. The summed E-state index contributed by atoms with van der Waals surface area (Å²) in [5.74, 6) is 0.309. The second kappa shape index (κ2) is 5.77. The van der Waals surface area contributed by atoms with E-state index in [-0.39, 0.29) is 30.0 Å². The maximum absolute atomic E-state index is 13.3.